The molecule has 1 aliphatic rings. The molecular weight excluding hydrogens is 316 g/mol. The van der Waals surface area contributed by atoms with Crippen LogP contribution in [0.1, 0.15) is 38.3 Å². The van der Waals surface area contributed by atoms with Crippen molar-refractivity contribution in [2.45, 2.75) is 38.8 Å². The van der Waals surface area contributed by atoms with Crippen molar-refractivity contribution in [1.82, 2.24) is 20.4 Å². The summed E-state index contributed by atoms with van der Waals surface area (Å²) in [7, 11) is 3.64. The molecule has 0 bridgehead atoms. The number of aryl methyl sites for hydroxylation is 1. The Bertz CT molecular complexity index is 492. The number of nitrogens with one attached hydrogen (secondary N) is 2. The molecule has 1 aromatic rings. The lowest BCUT2D eigenvalue weighted by Gasteiger charge is -2.34. The molecule has 6 nitrogen and oxygen atoms in total. The lowest BCUT2D eigenvalue weighted by Crippen LogP contribution is -2.44. The van der Waals surface area contributed by atoms with Crippen molar-refractivity contribution in [2.75, 3.05) is 20.2 Å². The maximum Gasteiger partial charge on any atom is 0.241 e. The molecule has 1 aromatic heterocycles. The first-order chi connectivity index (χ1) is 10.5. The van der Waals surface area contributed by atoms with Crippen molar-refractivity contribution in [1.29, 1.82) is 0 Å². The van der Waals surface area contributed by atoms with Gasteiger partial charge in [-0.1, -0.05) is 13.8 Å². The van der Waals surface area contributed by atoms with E-state index in [-0.39, 0.29) is 30.5 Å². The Kier molecular flexibility index (Phi) is 8.02. The Morgan fingerprint density at radius 1 is 1.52 bits per heavy atom. The summed E-state index contributed by atoms with van der Waals surface area (Å²) < 4.78 is 7.58. The van der Waals surface area contributed by atoms with Crippen LogP contribution in [-0.4, -0.2) is 42.0 Å². The minimum Gasteiger partial charge on any atom is -0.378 e. The second-order valence-corrected chi connectivity index (χ2v) is 6.40. The first kappa shape index (κ1) is 19.9. The number of amides is 1. The van der Waals surface area contributed by atoms with Gasteiger partial charge in [-0.15, -0.1) is 12.4 Å². The summed E-state index contributed by atoms with van der Waals surface area (Å²) in [6.07, 6.45) is 6.01. The van der Waals surface area contributed by atoms with E-state index in [1.165, 1.54) is 0 Å². The van der Waals surface area contributed by atoms with Crippen LogP contribution in [0.4, 0.5) is 0 Å². The SMILES string of the molecule is CNC(C(=O)NCC1CCCOC1C(C)C)c1cnn(C)c1.Cl. The van der Waals surface area contributed by atoms with Gasteiger partial charge >= 0.3 is 0 Å². The zero-order valence-corrected chi connectivity index (χ0v) is 15.2. The number of nitrogens with zero attached hydrogens (tertiary/aromatic N) is 2. The zero-order chi connectivity index (χ0) is 16.1. The second-order valence-electron chi connectivity index (χ2n) is 6.40. The lowest BCUT2D eigenvalue weighted by molar-refractivity contribution is -0.124. The molecule has 2 N–H and O–H groups in total. The van der Waals surface area contributed by atoms with E-state index in [1.807, 2.05) is 13.2 Å². The Morgan fingerprint density at radius 2 is 2.26 bits per heavy atom. The van der Waals surface area contributed by atoms with Crippen LogP contribution in [0, 0.1) is 11.8 Å². The van der Waals surface area contributed by atoms with E-state index >= 15 is 0 Å². The van der Waals surface area contributed by atoms with Crippen LogP contribution in [0.25, 0.3) is 0 Å². The average molecular weight is 345 g/mol. The number of ether oxygens (including phenoxy) is 1. The predicted molar refractivity (Wildman–Crippen MR) is 92.6 cm³/mol. The molecule has 0 radical (unpaired) electrons. The molecule has 1 aliphatic heterocycles. The van der Waals surface area contributed by atoms with E-state index in [9.17, 15) is 4.79 Å². The summed E-state index contributed by atoms with van der Waals surface area (Å²) in [6.45, 7) is 5.86. The van der Waals surface area contributed by atoms with Crippen molar-refractivity contribution in [3.05, 3.63) is 18.0 Å². The van der Waals surface area contributed by atoms with Gasteiger partial charge in [0.15, 0.2) is 0 Å². The highest BCUT2D eigenvalue weighted by molar-refractivity contribution is 5.85. The molecule has 1 fully saturated rings. The largest absolute Gasteiger partial charge is 0.378 e. The average Bonchev–Trinajstić information content (AvgIpc) is 2.92. The van der Waals surface area contributed by atoms with E-state index in [4.69, 9.17) is 4.74 Å². The van der Waals surface area contributed by atoms with Crippen LogP contribution in [0.3, 0.4) is 0 Å². The molecule has 3 unspecified atom stereocenters. The van der Waals surface area contributed by atoms with Crippen molar-refractivity contribution in [3.8, 4) is 0 Å². The van der Waals surface area contributed by atoms with Gasteiger partial charge in [-0.05, 0) is 25.8 Å². The van der Waals surface area contributed by atoms with Gasteiger partial charge in [0.1, 0.15) is 6.04 Å². The lowest BCUT2D eigenvalue weighted by atomic mass is 9.87. The van der Waals surface area contributed by atoms with Gasteiger partial charge in [-0.25, -0.2) is 0 Å². The van der Waals surface area contributed by atoms with Crippen molar-refractivity contribution in [2.24, 2.45) is 18.9 Å². The van der Waals surface area contributed by atoms with Gasteiger partial charge in [-0.3, -0.25) is 9.48 Å². The molecule has 0 aliphatic carbocycles. The minimum atomic E-state index is -0.365. The first-order valence-corrected chi connectivity index (χ1v) is 8.08. The number of carbonyl (C=O) groups is 1. The maximum absolute atomic E-state index is 12.5. The van der Waals surface area contributed by atoms with Gasteiger partial charge in [0.2, 0.25) is 5.91 Å². The molecule has 1 amide bonds. The third-order valence-electron chi connectivity index (χ3n) is 4.30. The summed E-state index contributed by atoms with van der Waals surface area (Å²) in [5.74, 6) is 0.855. The number of hydrogen-bond donors (Lipinski definition) is 2. The highest BCUT2D eigenvalue weighted by atomic mass is 35.5. The molecule has 0 saturated carbocycles. The van der Waals surface area contributed by atoms with E-state index in [2.05, 4.69) is 29.6 Å². The number of hydrogen-bond acceptors (Lipinski definition) is 4. The Balaban J connectivity index is 0.00000264. The monoisotopic (exact) mass is 344 g/mol. The van der Waals surface area contributed by atoms with Crippen molar-refractivity contribution < 1.29 is 9.53 Å². The predicted octanol–water partition coefficient (Wildman–Crippen LogP) is 1.67. The summed E-state index contributed by atoms with van der Waals surface area (Å²) in [5, 5.41) is 10.3. The fourth-order valence-corrected chi connectivity index (χ4v) is 3.19. The molecule has 2 heterocycles. The van der Waals surface area contributed by atoms with Gasteiger partial charge in [0, 0.05) is 37.9 Å². The van der Waals surface area contributed by atoms with Crippen LogP contribution < -0.4 is 10.6 Å². The van der Waals surface area contributed by atoms with Crippen LogP contribution in [-0.2, 0) is 16.6 Å². The molecule has 23 heavy (non-hydrogen) atoms. The fourth-order valence-electron chi connectivity index (χ4n) is 3.19. The minimum absolute atomic E-state index is 0. The Hall–Kier alpha value is -1.11. The molecule has 1 saturated heterocycles. The zero-order valence-electron chi connectivity index (χ0n) is 14.4. The fraction of sp³-hybridized carbons (Fsp3) is 0.750. The van der Waals surface area contributed by atoms with E-state index in [1.54, 1.807) is 17.9 Å². The topological polar surface area (TPSA) is 68.2 Å². The quantitative estimate of drug-likeness (QED) is 0.823. The normalized spacial score (nSPS) is 22.5. The molecule has 7 heteroatoms. The molecule has 2 rings (SSSR count). The van der Waals surface area contributed by atoms with Gasteiger partial charge in [0.25, 0.3) is 0 Å². The Labute approximate surface area is 144 Å². The maximum atomic E-state index is 12.5. The summed E-state index contributed by atoms with van der Waals surface area (Å²) in [4.78, 5) is 12.5. The van der Waals surface area contributed by atoms with Crippen molar-refractivity contribution in [3.63, 3.8) is 0 Å². The van der Waals surface area contributed by atoms with Crippen LogP contribution in [0.15, 0.2) is 12.4 Å². The van der Waals surface area contributed by atoms with Gasteiger partial charge < -0.3 is 15.4 Å². The van der Waals surface area contributed by atoms with E-state index in [0.29, 0.717) is 18.4 Å². The number of likely N-dealkylation sites (N-methyl/N-ethyl adjacent to an activating group) is 1. The number of aromatic nitrogens is 2. The van der Waals surface area contributed by atoms with Crippen molar-refractivity contribution >= 4 is 18.3 Å². The van der Waals surface area contributed by atoms with Crippen LogP contribution >= 0.6 is 12.4 Å². The van der Waals surface area contributed by atoms with Gasteiger partial charge in [0.05, 0.1) is 12.3 Å². The molecule has 132 valence electrons. The Morgan fingerprint density at radius 3 is 2.83 bits per heavy atom. The van der Waals surface area contributed by atoms with Gasteiger partial charge in [-0.2, -0.15) is 5.10 Å². The highest BCUT2D eigenvalue weighted by Crippen LogP contribution is 2.26. The molecule has 0 spiro atoms. The van der Waals surface area contributed by atoms with Crippen LogP contribution in [0.2, 0.25) is 0 Å². The highest BCUT2D eigenvalue weighted by Gasteiger charge is 2.29. The summed E-state index contributed by atoms with van der Waals surface area (Å²) in [6, 6.07) is -0.365. The number of carbonyl (C=O) groups excluding carboxylic acids is 1. The smallest absolute Gasteiger partial charge is 0.241 e. The van der Waals surface area contributed by atoms with Crippen LogP contribution in [0.5, 0.6) is 0 Å². The first-order valence-electron chi connectivity index (χ1n) is 8.08. The third-order valence-corrected chi connectivity index (χ3v) is 4.30. The standard InChI is InChI=1S/C16H28N4O2.ClH/c1-11(2)15-12(6-5-7-22-15)8-18-16(21)14(17-3)13-9-19-20(4)10-13;/h9-12,14-15,17H,5-8H2,1-4H3,(H,18,21);1H. The summed E-state index contributed by atoms with van der Waals surface area (Å²) in [5.41, 5.74) is 0.878. The van der Waals surface area contributed by atoms with E-state index < -0.39 is 0 Å². The second kappa shape index (κ2) is 9.25. The molecule has 3 atom stereocenters. The summed E-state index contributed by atoms with van der Waals surface area (Å²) >= 11 is 0. The van der Waals surface area contributed by atoms with E-state index in [0.717, 1.165) is 25.0 Å². The number of halogens is 1. The number of rotatable bonds is 6. The third kappa shape index (κ3) is 5.19. The molecular formula is C16H29ClN4O2. The molecule has 0 aromatic carbocycles.